The van der Waals surface area contributed by atoms with Gasteiger partial charge in [0.1, 0.15) is 0 Å². The Labute approximate surface area is 393 Å². The Morgan fingerprint density at radius 1 is 0.493 bits per heavy atom. The van der Waals surface area contributed by atoms with Crippen LogP contribution in [0, 0.1) is 0 Å². The Morgan fingerprint density at radius 2 is 1.09 bits per heavy atom. The molecule has 0 saturated heterocycles. The molecular weight excluding hydrogens is 813 g/mol. The summed E-state index contributed by atoms with van der Waals surface area (Å²) < 4.78 is 14.0. The van der Waals surface area contributed by atoms with Crippen LogP contribution in [0.5, 0.6) is 23.0 Å². The highest BCUT2D eigenvalue weighted by Gasteiger charge is 2.49. The van der Waals surface area contributed by atoms with Crippen LogP contribution in [-0.2, 0) is 5.41 Å². The predicted octanol–water partition coefficient (Wildman–Crippen LogP) is 17.4. The lowest BCUT2D eigenvalue weighted by molar-refractivity contribution is 0.360. The lowest BCUT2D eigenvalue weighted by atomic mass is 9.66. The number of fused-ring (bicyclic) bond motifs is 6. The molecule has 2 nitrogen and oxygen atoms in total. The van der Waals surface area contributed by atoms with E-state index < -0.39 is 5.41 Å². The third-order valence-corrected chi connectivity index (χ3v) is 13.9. The van der Waals surface area contributed by atoms with E-state index in [-0.39, 0.29) is 5.92 Å². The Bertz CT molecular complexity index is 3380. The number of allylic oxidation sites excluding steroid dienone is 5. The fourth-order valence-corrected chi connectivity index (χ4v) is 10.7. The number of hydrogen-bond acceptors (Lipinski definition) is 2. The number of rotatable bonds is 9. The minimum atomic E-state index is -0.480. The maximum atomic E-state index is 7.04. The van der Waals surface area contributed by atoms with Crippen molar-refractivity contribution in [1.29, 1.82) is 0 Å². The summed E-state index contributed by atoms with van der Waals surface area (Å²) in [4.78, 5) is 0. The molecule has 12 rings (SSSR count). The van der Waals surface area contributed by atoms with Crippen molar-refractivity contribution in [2.75, 3.05) is 0 Å². The molecule has 0 radical (unpaired) electrons. The van der Waals surface area contributed by atoms with Gasteiger partial charge >= 0.3 is 0 Å². The topological polar surface area (TPSA) is 18.5 Å². The summed E-state index contributed by atoms with van der Waals surface area (Å²) in [5, 5.41) is 0. The summed E-state index contributed by atoms with van der Waals surface area (Å²) in [7, 11) is 0. The van der Waals surface area contributed by atoms with Crippen molar-refractivity contribution < 1.29 is 9.47 Å². The first kappa shape index (κ1) is 40.3. The standard InChI is InChI=1S/C65H48O2/c1-44(45-30-32-48(33-31-45)46-18-6-2-7-19-46)42-57(50-36-34-49(35-37-50)47-20-8-3-9-21-47)55-27-15-14-26-54(55)51-38-40-60-62(43-51)66-61-41-39-59-63(64(61)67-60)56-28-16-17-29-58(56)65(59,52-22-10-4-11-23-52)53-24-12-5-13-25-53/h2-4,6-12,14-44H,5,13H2,1H3/b57-42+. The second-order valence-electron chi connectivity index (χ2n) is 17.8. The molecule has 1 heterocycles. The van der Waals surface area contributed by atoms with Crippen molar-refractivity contribution in [1.82, 2.24) is 0 Å². The average molecular weight is 861 g/mol. The molecule has 9 aromatic rings. The van der Waals surface area contributed by atoms with E-state index >= 15 is 0 Å². The molecule has 0 bridgehead atoms. The normalized spacial score (nSPS) is 16.1. The Morgan fingerprint density at radius 3 is 1.79 bits per heavy atom. The molecule has 2 aliphatic carbocycles. The smallest absolute Gasteiger partial charge is 0.178 e. The van der Waals surface area contributed by atoms with Crippen LogP contribution in [-0.4, -0.2) is 0 Å². The van der Waals surface area contributed by atoms with E-state index in [2.05, 4.69) is 250 Å². The zero-order valence-electron chi connectivity index (χ0n) is 37.4. The van der Waals surface area contributed by atoms with Gasteiger partial charge in [-0.3, -0.25) is 0 Å². The van der Waals surface area contributed by atoms with Crippen LogP contribution in [0.3, 0.4) is 0 Å². The van der Waals surface area contributed by atoms with Gasteiger partial charge in [-0.2, -0.15) is 0 Å². The third-order valence-electron chi connectivity index (χ3n) is 13.9. The number of benzene rings is 9. The van der Waals surface area contributed by atoms with E-state index in [1.807, 2.05) is 0 Å². The molecule has 320 valence electrons. The maximum Gasteiger partial charge on any atom is 0.178 e. The lowest BCUT2D eigenvalue weighted by Gasteiger charge is -2.36. The van der Waals surface area contributed by atoms with E-state index in [9.17, 15) is 0 Å². The molecule has 9 aromatic carbocycles. The van der Waals surface area contributed by atoms with Crippen molar-refractivity contribution in [3.8, 4) is 67.5 Å². The molecule has 1 aliphatic heterocycles. The minimum absolute atomic E-state index is 0.136. The van der Waals surface area contributed by atoms with Gasteiger partial charge in [0.05, 0.1) is 5.41 Å². The van der Waals surface area contributed by atoms with Gasteiger partial charge in [-0.25, -0.2) is 0 Å². The molecule has 2 atom stereocenters. The van der Waals surface area contributed by atoms with Crippen LogP contribution >= 0.6 is 0 Å². The average Bonchev–Trinajstić information content (AvgIpc) is 3.72. The summed E-state index contributed by atoms with van der Waals surface area (Å²) in [6, 6.07) is 78.5. The van der Waals surface area contributed by atoms with Crippen LogP contribution in [0.4, 0.5) is 0 Å². The van der Waals surface area contributed by atoms with Gasteiger partial charge in [0, 0.05) is 5.56 Å². The number of ether oxygens (including phenoxy) is 2. The first-order chi connectivity index (χ1) is 33.1. The quantitative estimate of drug-likeness (QED) is 0.144. The fourth-order valence-electron chi connectivity index (χ4n) is 10.7. The van der Waals surface area contributed by atoms with Gasteiger partial charge < -0.3 is 9.47 Å². The van der Waals surface area contributed by atoms with Crippen LogP contribution in [0.2, 0.25) is 0 Å². The molecule has 3 aliphatic rings. The van der Waals surface area contributed by atoms with E-state index in [1.54, 1.807) is 0 Å². The van der Waals surface area contributed by atoms with Crippen molar-refractivity contribution in [2.24, 2.45) is 0 Å². The molecule has 0 fully saturated rings. The van der Waals surface area contributed by atoms with Crippen molar-refractivity contribution in [3.63, 3.8) is 0 Å². The summed E-state index contributed by atoms with van der Waals surface area (Å²) in [5.74, 6) is 3.01. The van der Waals surface area contributed by atoms with E-state index in [0.717, 1.165) is 52.2 Å². The van der Waals surface area contributed by atoms with Gasteiger partial charge in [0.2, 0.25) is 0 Å². The van der Waals surface area contributed by atoms with Crippen molar-refractivity contribution in [2.45, 2.75) is 31.1 Å². The monoisotopic (exact) mass is 860 g/mol. The zero-order chi connectivity index (χ0) is 44.7. The van der Waals surface area contributed by atoms with Crippen LogP contribution < -0.4 is 9.47 Å². The summed E-state index contributed by atoms with van der Waals surface area (Å²) in [6.07, 6.45) is 11.6. The van der Waals surface area contributed by atoms with Crippen LogP contribution in [0.15, 0.2) is 248 Å². The molecule has 2 heteroatoms. The highest BCUT2D eigenvalue weighted by molar-refractivity contribution is 5.93. The van der Waals surface area contributed by atoms with E-state index in [0.29, 0.717) is 11.5 Å². The Balaban J connectivity index is 0.934. The molecule has 0 saturated carbocycles. The molecule has 0 amide bonds. The summed E-state index contributed by atoms with van der Waals surface area (Å²) >= 11 is 0. The van der Waals surface area contributed by atoms with E-state index in [1.165, 1.54) is 61.2 Å². The first-order valence-electron chi connectivity index (χ1n) is 23.5. The van der Waals surface area contributed by atoms with Gasteiger partial charge in [-0.15, -0.1) is 0 Å². The van der Waals surface area contributed by atoms with Crippen LogP contribution in [0.1, 0.15) is 59.1 Å². The molecular formula is C65H48O2. The van der Waals surface area contributed by atoms with Gasteiger partial charge in [-0.05, 0) is 120 Å². The Kier molecular flexibility index (Phi) is 10.2. The number of hydrogen-bond donors (Lipinski definition) is 0. The molecule has 0 spiro atoms. The SMILES string of the molecule is CC(/C=C(\c1ccc(-c2ccccc2)cc1)c1ccccc1-c1ccc2c(c1)Oc1ccc3c(c1O2)-c1ccccc1C3(C1=CCCC=C1)c1ccccc1)c1ccc(-c2ccccc2)cc1. The maximum absolute atomic E-state index is 7.04. The summed E-state index contributed by atoms with van der Waals surface area (Å²) in [6.45, 7) is 2.29. The zero-order valence-corrected chi connectivity index (χ0v) is 37.4. The summed E-state index contributed by atoms with van der Waals surface area (Å²) in [5.41, 5.74) is 18.6. The third kappa shape index (κ3) is 7.05. The molecule has 2 unspecified atom stereocenters. The van der Waals surface area contributed by atoms with Crippen LogP contribution in [0.25, 0.3) is 50.1 Å². The Hall–Kier alpha value is -8.20. The highest BCUT2D eigenvalue weighted by atomic mass is 16.6. The molecule has 0 N–H and O–H groups in total. The van der Waals surface area contributed by atoms with Gasteiger partial charge in [-0.1, -0.05) is 231 Å². The molecule has 67 heavy (non-hydrogen) atoms. The van der Waals surface area contributed by atoms with Crippen molar-refractivity contribution >= 4 is 5.57 Å². The minimum Gasteiger partial charge on any atom is -0.449 e. The fraction of sp³-hybridized carbons (Fsp3) is 0.0769. The predicted molar refractivity (Wildman–Crippen MR) is 276 cm³/mol. The highest BCUT2D eigenvalue weighted by Crippen LogP contribution is 2.63. The van der Waals surface area contributed by atoms with Crippen molar-refractivity contribution in [3.05, 3.63) is 282 Å². The lowest BCUT2D eigenvalue weighted by Crippen LogP contribution is -2.29. The first-order valence-corrected chi connectivity index (χ1v) is 23.5. The van der Waals surface area contributed by atoms with Gasteiger partial charge in [0.15, 0.2) is 23.0 Å². The van der Waals surface area contributed by atoms with E-state index in [4.69, 9.17) is 9.47 Å². The largest absolute Gasteiger partial charge is 0.449 e. The van der Waals surface area contributed by atoms with Gasteiger partial charge in [0.25, 0.3) is 0 Å². The second kappa shape index (κ2) is 17.0. The second-order valence-corrected chi connectivity index (χ2v) is 17.8. The molecule has 0 aromatic heterocycles.